The number of benzene rings is 1. The molecule has 120 valence electrons. The number of carbonyl (C=O) groups is 1. The molecule has 0 radical (unpaired) electrons. The van der Waals surface area contributed by atoms with Gasteiger partial charge in [0.25, 0.3) is 0 Å². The van der Waals surface area contributed by atoms with Crippen molar-refractivity contribution in [3.63, 3.8) is 0 Å². The molecule has 0 saturated carbocycles. The van der Waals surface area contributed by atoms with Gasteiger partial charge in [-0.25, -0.2) is 4.79 Å². The lowest BCUT2D eigenvalue weighted by Gasteiger charge is -2.07. The third kappa shape index (κ3) is 2.66. The van der Waals surface area contributed by atoms with Gasteiger partial charge in [0, 0.05) is 21.9 Å². The molecule has 0 amide bonds. The van der Waals surface area contributed by atoms with Gasteiger partial charge in [0.1, 0.15) is 5.69 Å². The van der Waals surface area contributed by atoms with Gasteiger partial charge in [-0.05, 0) is 24.4 Å². The summed E-state index contributed by atoms with van der Waals surface area (Å²) >= 11 is 1.57. The summed E-state index contributed by atoms with van der Waals surface area (Å²) in [5.41, 5.74) is 2.07. The topological polar surface area (TPSA) is 60.6 Å². The van der Waals surface area contributed by atoms with Crippen LogP contribution in [0.3, 0.4) is 0 Å². The molecule has 1 N–H and O–H groups in total. The van der Waals surface area contributed by atoms with Crippen LogP contribution in [0.25, 0.3) is 21.3 Å². The molecule has 0 aliphatic carbocycles. The van der Waals surface area contributed by atoms with Gasteiger partial charge < -0.3 is 19.2 Å². The number of hydrogen-bond donors (Lipinski definition) is 1. The van der Waals surface area contributed by atoms with E-state index in [2.05, 4.69) is 4.98 Å². The summed E-state index contributed by atoms with van der Waals surface area (Å²) in [6.07, 6.45) is 0. The molecule has 6 heteroatoms. The lowest BCUT2D eigenvalue weighted by Crippen LogP contribution is -2.06. The van der Waals surface area contributed by atoms with Gasteiger partial charge >= 0.3 is 5.97 Å². The van der Waals surface area contributed by atoms with Crippen molar-refractivity contribution in [2.75, 3.05) is 20.8 Å². The van der Waals surface area contributed by atoms with E-state index < -0.39 is 0 Å². The summed E-state index contributed by atoms with van der Waals surface area (Å²) in [7, 11) is 3.17. The Morgan fingerprint density at radius 1 is 1.22 bits per heavy atom. The van der Waals surface area contributed by atoms with Crippen LogP contribution >= 0.6 is 11.3 Å². The molecule has 0 unspecified atom stereocenters. The Kier molecular flexibility index (Phi) is 4.25. The van der Waals surface area contributed by atoms with Crippen LogP contribution in [0.15, 0.2) is 29.6 Å². The number of fused-ring (bicyclic) bond motifs is 1. The van der Waals surface area contributed by atoms with E-state index in [4.69, 9.17) is 14.2 Å². The van der Waals surface area contributed by atoms with Crippen LogP contribution in [-0.2, 0) is 4.74 Å². The molecule has 0 aliphatic heterocycles. The first-order valence-corrected chi connectivity index (χ1v) is 8.06. The molecule has 3 rings (SSSR count). The molecular formula is C17H17NO4S. The molecule has 2 heterocycles. The molecule has 0 spiro atoms. The fourth-order valence-electron chi connectivity index (χ4n) is 2.55. The monoisotopic (exact) mass is 331 g/mol. The zero-order valence-corrected chi connectivity index (χ0v) is 14.0. The highest BCUT2D eigenvalue weighted by Crippen LogP contribution is 2.40. The van der Waals surface area contributed by atoms with Crippen LogP contribution in [0.5, 0.6) is 11.5 Å². The second-order valence-corrected chi connectivity index (χ2v) is 5.77. The molecule has 0 bridgehead atoms. The van der Waals surface area contributed by atoms with Gasteiger partial charge in [-0.1, -0.05) is 6.07 Å². The van der Waals surface area contributed by atoms with Crippen LogP contribution in [0.4, 0.5) is 0 Å². The molecule has 23 heavy (non-hydrogen) atoms. The van der Waals surface area contributed by atoms with Crippen LogP contribution < -0.4 is 9.47 Å². The second kappa shape index (κ2) is 6.34. The largest absolute Gasteiger partial charge is 0.493 e. The van der Waals surface area contributed by atoms with E-state index in [0.717, 1.165) is 21.3 Å². The van der Waals surface area contributed by atoms with Crippen LogP contribution in [0, 0.1) is 0 Å². The normalized spacial score (nSPS) is 10.7. The first kappa shape index (κ1) is 15.4. The maximum Gasteiger partial charge on any atom is 0.355 e. The smallest absolute Gasteiger partial charge is 0.355 e. The van der Waals surface area contributed by atoms with E-state index in [1.807, 2.05) is 29.6 Å². The summed E-state index contributed by atoms with van der Waals surface area (Å²) in [5.74, 6) is 0.853. The van der Waals surface area contributed by atoms with Crippen molar-refractivity contribution < 1.29 is 19.0 Å². The van der Waals surface area contributed by atoms with Crippen LogP contribution in [-0.4, -0.2) is 31.8 Å². The Balaban J connectivity index is 2.30. The van der Waals surface area contributed by atoms with Crippen molar-refractivity contribution in [1.82, 2.24) is 4.98 Å². The number of nitrogens with one attached hydrogen (secondary N) is 1. The summed E-state index contributed by atoms with van der Waals surface area (Å²) < 4.78 is 15.9. The number of methoxy groups -OCH3 is 2. The highest BCUT2D eigenvalue weighted by atomic mass is 32.1. The van der Waals surface area contributed by atoms with E-state index in [-0.39, 0.29) is 5.97 Å². The summed E-state index contributed by atoms with van der Waals surface area (Å²) in [4.78, 5) is 16.5. The van der Waals surface area contributed by atoms with Gasteiger partial charge in [-0.2, -0.15) is 0 Å². The number of rotatable bonds is 5. The van der Waals surface area contributed by atoms with E-state index >= 15 is 0 Å². The molecule has 0 fully saturated rings. The number of carbonyl (C=O) groups excluding carboxylic acids is 1. The standard InChI is InChI=1S/C17H17NO4S/c1-4-22-17(19)16-15(14-6-5-7-23-14)10-8-12(20-2)13(21-3)9-11(10)18-16/h5-9,18H,4H2,1-3H3. The van der Waals surface area contributed by atoms with Crippen molar-refractivity contribution in [3.8, 4) is 21.9 Å². The van der Waals surface area contributed by atoms with Crippen LogP contribution in [0.2, 0.25) is 0 Å². The molecule has 0 saturated heterocycles. The van der Waals surface area contributed by atoms with Crippen molar-refractivity contribution in [1.29, 1.82) is 0 Å². The number of ether oxygens (including phenoxy) is 3. The zero-order chi connectivity index (χ0) is 16.4. The van der Waals surface area contributed by atoms with Gasteiger partial charge in [0.15, 0.2) is 11.5 Å². The number of aromatic amines is 1. The number of aromatic nitrogens is 1. The number of hydrogen-bond acceptors (Lipinski definition) is 5. The highest BCUT2D eigenvalue weighted by molar-refractivity contribution is 7.13. The Hall–Kier alpha value is -2.47. The lowest BCUT2D eigenvalue weighted by molar-refractivity contribution is 0.0521. The zero-order valence-electron chi connectivity index (χ0n) is 13.1. The molecule has 0 atom stereocenters. The predicted molar refractivity (Wildman–Crippen MR) is 90.7 cm³/mol. The molecule has 3 aromatic rings. The minimum atomic E-state index is -0.370. The lowest BCUT2D eigenvalue weighted by atomic mass is 10.1. The molecule has 5 nitrogen and oxygen atoms in total. The van der Waals surface area contributed by atoms with Crippen molar-refractivity contribution in [2.45, 2.75) is 6.92 Å². The molecule has 0 aliphatic rings. The Morgan fingerprint density at radius 2 is 1.96 bits per heavy atom. The average Bonchev–Trinajstić information content (AvgIpc) is 3.20. The number of thiophene rings is 1. The Labute approximate surface area is 137 Å². The van der Waals surface area contributed by atoms with Crippen LogP contribution in [0.1, 0.15) is 17.4 Å². The minimum absolute atomic E-state index is 0.324. The maximum absolute atomic E-state index is 12.3. The van der Waals surface area contributed by atoms with Gasteiger partial charge in [0.2, 0.25) is 0 Å². The highest BCUT2D eigenvalue weighted by Gasteiger charge is 2.22. The summed E-state index contributed by atoms with van der Waals surface area (Å²) in [5, 5.41) is 2.87. The first-order chi connectivity index (χ1) is 11.2. The predicted octanol–water partition coefficient (Wildman–Crippen LogP) is 4.09. The fourth-order valence-corrected chi connectivity index (χ4v) is 3.34. The van der Waals surface area contributed by atoms with Crippen molar-refractivity contribution >= 4 is 28.2 Å². The molecule has 1 aromatic carbocycles. The first-order valence-electron chi connectivity index (χ1n) is 7.18. The Bertz CT molecular complexity index is 836. The minimum Gasteiger partial charge on any atom is -0.493 e. The second-order valence-electron chi connectivity index (χ2n) is 4.83. The summed E-state index contributed by atoms with van der Waals surface area (Å²) in [6.45, 7) is 2.11. The van der Waals surface area contributed by atoms with Crippen molar-refractivity contribution in [2.24, 2.45) is 0 Å². The number of esters is 1. The van der Waals surface area contributed by atoms with Crippen molar-refractivity contribution in [3.05, 3.63) is 35.3 Å². The van der Waals surface area contributed by atoms with E-state index in [1.165, 1.54) is 0 Å². The summed E-state index contributed by atoms with van der Waals surface area (Å²) in [6, 6.07) is 7.64. The van der Waals surface area contributed by atoms with E-state index in [0.29, 0.717) is 23.8 Å². The van der Waals surface area contributed by atoms with Gasteiger partial charge in [-0.15, -0.1) is 11.3 Å². The van der Waals surface area contributed by atoms with E-state index in [9.17, 15) is 4.79 Å². The third-order valence-electron chi connectivity index (χ3n) is 3.55. The molecular weight excluding hydrogens is 314 g/mol. The number of H-pyrrole nitrogens is 1. The fraction of sp³-hybridized carbons (Fsp3) is 0.235. The van der Waals surface area contributed by atoms with Gasteiger partial charge in [0.05, 0.1) is 26.3 Å². The maximum atomic E-state index is 12.3. The molecule has 2 aromatic heterocycles. The SMILES string of the molecule is CCOC(=O)c1[nH]c2cc(OC)c(OC)cc2c1-c1cccs1. The van der Waals surface area contributed by atoms with Gasteiger partial charge in [-0.3, -0.25) is 0 Å². The quantitative estimate of drug-likeness (QED) is 0.715. The Morgan fingerprint density at radius 3 is 2.57 bits per heavy atom. The average molecular weight is 331 g/mol. The van der Waals surface area contributed by atoms with E-state index in [1.54, 1.807) is 32.5 Å². The third-order valence-corrected chi connectivity index (χ3v) is 4.44.